The molecule has 0 N–H and O–H groups in total. The normalized spacial score (nSPS) is 11.1. The van der Waals surface area contributed by atoms with Crippen molar-refractivity contribution in [3.8, 4) is 19.5 Å². The number of hydrogen-bond donors (Lipinski definition) is 0. The predicted molar refractivity (Wildman–Crippen MR) is 85.2 cm³/mol. The largest absolute Gasteiger partial charge is 0.140 e. The Kier molecular flexibility index (Phi) is 3.14. The van der Waals surface area contributed by atoms with E-state index in [2.05, 4.69) is 51.1 Å². The van der Waals surface area contributed by atoms with Crippen LogP contribution < -0.4 is 0 Å². The van der Waals surface area contributed by atoms with Crippen LogP contribution in [0.25, 0.3) is 19.5 Å². The van der Waals surface area contributed by atoms with Crippen LogP contribution in [0, 0.1) is 20.8 Å². The molecule has 0 aliphatic rings. The number of thiophene rings is 3. The van der Waals surface area contributed by atoms with Gasteiger partial charge in [0.25, 0.3) is 0 Å². The van der Waals surface area contributed by atoms with Crippen molar-refractivity contribution in [1.82, 2.24) is 0 Å². The molecule has 0 nitrogen and oxygen atoms in total. The highest BCUT2D eigenvalue weighted by atomic mass is 32.1. The summed E-state index contributed by atoms with van der Waals surface area (Å²) in [4.78, 5) is 8.35. The smallest absolute Gasteiger partial charge is 0.0449 e. The molecule has 3 rings (SSSR count). The van der Waals surface area contributed by atoms with E-state index < -0.39 is 0 Å². The number of rotatable bonds is 2. The molecule has 3 aromatic heterocycles. The molecule has 0 saturated carbocycles. The van der Waals surface area contributed by atoms with Crippen LogP contribution in [0.4, 0.5) is 0 Å². The standard InChI is InChI=1S/C15H14S3/c1-9-8-15(17-11(9)3)14-7-6-13(18-14)12-5-4-10(2)16-12/h4-8H,1-3H3. The van der Waals surface area contributed by atoms with Crippen molar-refractivity contribution in [2.75, 3.05) is 0 Å². The quantitative estimate of drug-likeness (QED) is 0.532. The average molecular weight is 290 g/mol. The van der Waals surface area contributed by atoms with E-state index in [1.54, 1.807) is 0 Å². The van der Waals surface area contributed by atoms with E-state index in [9.17, 15) is 0 Å². The average Bonchev–Trinajstić information content (AvgIpc) is 3.00. The van der Waals surface area contributed by atoms with E-state index in [0.717, 1.165) is 0 Å². The van der Waals surface area contributed by atoms with Crippen molar-refractivity contribution in [3.63, 3.8) is 0 Å². The second kappa shape index (κ2) is 4.65. The molecule has 0 amide bonds. The van der Waals surface area contributed by atoms with E-state index in [0.29, 0.717) is 0 Å². The summed E-state index contributed by atoms with van der Waals surface area (Å²) >= 11 is 5.66. The summed E-state index contributed by atoms with van der Waals surface area (Å²) in [6, 6.07) is 11.2. The van der Waals surface area contributed by atoms with Crippen molar-refractivity contribution in [1.29, 1.82) is 0 Å². The van der Waals surface area contributed by atoms with Crippen LogP contribution in [0.5, 0.6) is 0 Å². The van der Waals surface area contributed by atoms with Crippen LogP contribution in [0.2, 0.25) is 0 Å². The van der Waals surface area contributed by atoms with Crippen LogP contribution in [0.1, 0.15) is 15.3 Å². The molecule has 0 aliphatic heterocycles. The maximum Gasteiger partial charge on any atom is 0.0449 e. The van der Waals surface area contributed by atoms with Gasteiger partial charge in [-0.05, 0) is 56.7 Å². The number of hydrogen-bond acceptors (Lipinski definition) is 3. The maximum absolute atomic E-state index is 2.30. The summed E-state index contributed by atoms with van der Waals surface area (Å²) in [6.45, 7) is 6.54. The van der Waals surface area contributed by atoms with Crippen molar-refractivity contribution in [3.05, 3.63) is 45.6 Å². The van der Waals surface area contributed by atoms with E-state index in [-0.39, 0.29) is 0 Å². The Labute approximate surface area is 120 Å². The van der Waals surface area contributed by atoms with Gasteiger partial charge in [-0.25, -0.2) is 0 Å². The minimum Gasteiger partial charge on any atom is -0.140 e. The molecule has 0 aromatic carbocycles. The molecule has 0 bridgehead atoms. The lowest BCUT2D eigenvalue weighted by atomic mass is 10.2. The molecule has 3 heteroatoms. The van der Waals surface area contributed by atoms with Gasteiger partial charge in [0.1, 0.15) is 0 Å². The van der Waals surface area contributed by atoms with E-state index >= 15 is 0 Å². The molecule has 0 aliphatic carbocycles. The summed E-state index contributed by atoms with van der Waals surface area (Å²) < 4.78 is 0. The summed E-state index contributed by atoms with van der Waals surface area (Å²) in [5.74, 6) is 0. The molecule has 3 aromatic rings. The molecule has 0 fully saturated rings. The van der Waals surface area contributed by atoms with Gasteiger partial charge in [-0.2, -0.15) is 0 Å². The van der Waals surface area contributed by atoms with Gasteiger partial charge >= 0.3 is 0 Å². The summed E-state index contributed by atoms with van der Waals surface area (Å²) in [5.41, 5.74) is 1.40. The fraction of sp³-hybridized carbons (Fsp3) is 0.200. The van der Waals surface area contributed by atoms with Gasteiger partial charge in [-0.15, -0.1) is 34.0 Å². The van der Waals surface area contributed by atoms with Gasteiger partial charge < -0.3 is 0 Å². The van der Waals surface area contributed by atoms with Gasteiger partial charge in [0.05, 0.1) is 0 Å². The Morgan fingerprint density at radius 3 is 1.83 bits per heavy atom. The van der Waals surface area contributed by atoms with Gasteiger partial charge in [0.15, 0.2) is 0 Å². The Balaban J connectivity index is 1.98. The first kappa shape index (κ1) is 12.2. The zero-order valence-electron chi connectivity index (χ0n) is 10.6. The summed E-state index contributed by atoms with van der Waals surface area (Å²) in [6.07, 6.45) is 0. The first-order valence-electron chi connectivity index (χ1n) is 5.87. The van der Waals surface area contributed by atoms with E-state index in [4.69, 9.17) is 0 Å². The third kappa shape index (κ3) is 2.18. The molecule has 0 spiro atoms. The molecule has 0 radical (unpaired) electrons. The monoisotopic (exact) mass is 290 g/mol. The molecule has 0 saturated heterocycles. The van der Waals surface area contributed by atoms with Crippen LogP contribution in [-0.2, 0) is 0 Å². The maximum atomic E-state index is 2.30. The molecule has 0 unspecified atom stereocenters. The summed E-state index contributed by atoms with van der Waals surface area (Å²) in [5, 5.41) is 0. The minimum absolute atomic E-state index is 1.38. The third-order valence-electron chi connectivity index (χ3n) is 3.00. The van der Waals surface area contributed by atoms with Crippen molar-refractivity contribution in [2.45, 2.75) is 20.8 Å². The highest BCUT2D eigenvalue weighted by Gasteiger charge is 2.09. The van der Waals surface area contributed by atoms with E-state index in [1.165, 1.54) is 34.8 Å². The lowest BCUT2D eigenvalue weighted by molar-refractivity contribution is 1.44. The molecule has 3 heterocycles. The fourth-order valence-electron chi connectivity index (χ4n) is 1.86. The Morgan fingerprint density at radius 1 is 0.667 bits per heavy atom. The molecule has 92 valence electrons. The van der Waals surface area contributed by atoms with Crippen molar-refractivity contribution < 1.29 is 0 Å². The fourth-order valence-corrected chi connectivity index (χ4v) is 4.94. The zero-order valence-corrected chi connectivity index (χ0v) is 13.1. The topological polar surface area (TPSA) is 0 Å². The van der Waals surface area contributed by atoms with Gasteiger partial charge in [-0.3, -0.25) is 0 Å². The molecule has 18 heavy (non-hydrogen) atoms. The van der Waals surface area contributed by atoms with Crippen LogP contribution in [0.15, 0.2) is 30.3 Å². The Bertz CT molecular complexity index is 663. The molecule has 0 atom stereocenters. The van der Waals surface area contributed by atoms with Crippen molar-refractivity contribution >= 4 is 34.0 Å². The molecular weight excluding hydrogens is 276 g/mol. The Hall–Kier alpha value is -0.900. The first-order valence-corrected chi connectivity index (χ1v) is 8.32. The zero-order chi connectivity index (χ0) is 12.7. The van der Waals surface area contributed by atoms with Crippen LogP contribution in [-0.4, -0.2) is 0 Å². The van der Waals surface area contributed by atoms with Crippen molar-refractivity contribution in [2.24, 2.45) is 0 Å². The van der Waals surface area contributed by atoms with E-state index in [1.807, 2.05) is 34.0 Å². The lowest BCUT2D eigenvalue weighted by Crippen LogP contribution is -1.62. The highest BCUT2D eigenvalue weighted by molar-refractivity contribution is 7.26. The minimum atomic E-state index is 1.38. The third-order valence-corrected chi connectivity index (χ3v) is 6.63. The lowest BCUT2D eigenvalue weighted by Gasteiger charge is -1.90. The first-order chi connectivity index (χ1) is 8.63. The second-order valence-electron chi connectivity index (χ2n) is 4.42. The predicted octanol–water partition coefficient (Wildman–Crippen LogP) is 6.13. The highest BCUT2D eigenvalue weighted by Crippen LogP contribution is 2.40. The van der Waals surface area contributed by atoms with Gasteiger partial charge in [0, 0.05) is 29.3 Å². The SMILES string of the molecule is Cc1ccc(-c2ccc(-c3cc(C)c(C)s3)s2)s1. The van der Waals surface area contributed by atoms with Gasteiger partial charge in [-0.1, -0.05) is 0 Å². The second-order valence-corrected chi connectivity index (χ2v) is 8.05. The Morgan fingerprint density at radius 2 is 1.28 bits per heavy atom. The molecular formula is C15H14S3. The van der Waals surface area contributed by atoms with Crippen LogP contribution in [0.3, 0.4) is 0 Å². The van der Waals surface area contributed by atoms with Crippen LogP contribution >= 0.6 is 34.0 Å². The number of aryl methyl sites for hydroxylation is 3. The van der Waals surface area contributed by atoms with Gasteiger partial charge in [0.2, 0.25) is 0 Å². The summed E-state index contributed by atoms with van der Waals surface area (Å²) in [7, 11) is 0.